The van der Waals surface area contributed by atoms with Crippen LogP contribution in [-0.2, 0) is 41.0 Å². The molecule has 0 aliphatic carbocycles. The molecule has 4 rings (SSSR count). The Bertz CT molecular complexity index is 1810. The number of ether oxygens (including phenoxy) is 1. The maximum atomic E-state index is 13.2. The Hall–Kier alpha value is -4.89. The predicted octanol–water partition coefficient (Wildman–Crippen LogP) is -0.274. The van der Waals surface area contributed by atoms with Gasteiger partial charge in [-0.2, -0.15) is 9.35 Å². The highest BCUT2D eigenvalue weighted by Gasteiger charge is 2.57. The molecule has 2 unspecified atom stereocenters. The highest BCUT2D eigenvalue weighted by molar-refractivity contribution is 7.80. The minimum atomic E-state index is -5.27. The fraction of sp³-hybridized carbons (Fsp3) is 0.357. The molecule has 0 spiro atoms. The number of nitrogens with two attached hydrogens (primary N) is 2. The van der Waals surface area contributed by atoms with Crippen molar-refractivity contribution in [3.05, 3.63) is 53.7 Å². The summed E-state index contributed by atoms with van der Waals surface area (Å²) in [6.45, 7) is 4.63. The molecule has 0 bridgehead atoms. The van der Waals surface area contributed by atoms with Gasteiger partial charge in [0.2, 0.25) is 10.4 Å². The first-order valence-electron chi connectivity index (χ1n) is 14.2. The second kappa shape index (κ2) is 14.5. The number of amides is 2. The predicted molar refractivity (Wildman–Crippen MR) is 170 cm³/mol. The minimum Gasteiger partial charge on any atom is -0.724 e. The van der Waals surface area contributed by atoms with Crippen molar-refractivity contribution in [2.45, 2.75) is 44.5 Å². The van der Waals surface area contributed by atoms with Gasteiger partial charge >= 0.3 is 5.97 Å². The number of hydrogen-bond acceptors (Lipinski definition) is 15. The number of aromatic nitrogens is 2. The third-order valence-electron chi connectivity index (χ3n) is 7.11. The summed E-state index contributed by atoms with van der Waals surface area (Å²) in [6, 6.07) is 9.53. The van der Waals surface area contributed by atoms with Gasteiger partial charge in [0.15, 0.2) is 10.8 Å². The number of carbonyl (C=O) groups is 3. The molecule has 3 heterocycles. The number of benzene rings is 1. The van der Waals surface area contributed by atoms with Gasteiger partial charge in [0.25, 0.3) is 23.7 Å². The summed E-state index contributed by atoms with van der Waals surface area (Å²) in [7, 11) is -3.36. The Labute approximate surface area is 279 Å². The number of rotatable bonds is 15. The Morgan fingerprint density at radius 2 is 1.90 bits per heavy atom. The van der Waals surface area contributed by atoms with E-state index in [-0.39, 0.29) is 16.9 Å². The second-order valence-corrected chi connectivity index (χ2v) is 13.0. The second-order valence-electron chi connectivity index (χ2n) is 11.1. The lowest BCUT2D eigenvalue weighted by atomic mass is 9.84. The zero-order valence-corrected chi connectivity index (χ0v) is 27.8. The van der Waals surface area contributed by atoms with E-state index >= 15 is 0 Å². The van der Waals surface area contributed by atoms with Crippen LogP contribution in [0.25, 0.3) is 11.1 Å². The molecule has 3 atom stereocenters. The van der Waals surface area contributed by atoms with Gasteiger partial charge in [-0.3, -0.25) is 14.9 Å². The van der Waals surface area contributed by atoms with Gasteiger partial charge in [0, 0.05) is 23.6 Å². The number of carbonyl (C=O) groups excluding carboxylic acids is 2. The maximum absolute atomic E-state index is 13.2. The van der Waals surface area contributed by atoms with Gasteiger partial charge in [-0.15, -0.1) is 11.3 Å². The van der Waals surface area contributed by atoms with E-state index in [1.165, 1.54) is 19.2 Å². The Kier molecular flexibility index (Phi) is 10.8. The molecular formula is C28H34N8O10S2. The maximum Gasteiger partial charge on any atom is 0.351 e. The van der Waals surface area contributed by atoms with Crippen molar-refractivity contribution in [3.8, 4) is 16.9 Å². The number of thiazole rings is 1. The largest absolute Gasteiger partial charge is 0.724 e. The van der Waals surface area contributed by atoms with E-state index in [1.807, 2.05) is 36.9 Å². The summed E-state index contributed by atoms with van der Waals surface area (Å²) >= 11 is 0.951. The normalized spacial score (nSPS) is 17.2. The number of carboxylic acid groups (broad SMARTS) is 1. The number of nitrogens with one attached hydrogen (secondary N) is 2. The summed E-state index contributed by atoms with van der Waals surface area (Å²) in [5.74, 6) is -2.30. The number of nitrogen functional groups attached to an aromatic ring is 1. The molecule has 1 aliphatic heterocycles. The standard InChI is InChI=1S/C28H34N8O10S2/c1-15(11-29)31-21-10-7-17(12-35(21)4)16-5-8-18(9-6-16)44-13-20(26(39)40)45-34-22(19-14-47-27(30)32-19)24(37)33-23-25(38)36(28(23,2)3)46-48(41,42)43/h5-10,12,14-15,20,23H,11,13,29H2,1-4H3,(H5,30,32,33,37,39,40,41,42,43)/b34-22-/t15?,20-,23?/m0/s1. The molecule has 20 heteroatoms. The van der Waals surface area contributed by atoms with Crippen molar-refractivity contribution in [2.24, 2.45) is 17.9 Å². The first-order valence-corrected chi connectivity index (χ1v) is 16.4. The average Bonchev–Trinajstić information content (AvgIpc) is 3.46. The minimum absolute atomic E-state index is 0.0508. The third-order valence-corrected chi connectivity index (χ3v) is 8.12. The molecule has 1 aliphatic rings. The van der Waals surface area contributed by atoms with Gasteiger partial charge in [-0.25, -0.2) is 22.8 Å². The quantitative estimate of drug-likeness (QED) is 0.0340. The molecule has 18 nitrogen and oxygen atoms in total. The van der Waals surface area contributed by atoms with Crippen LogP contribution in [0.4, 0.5) is 10.9 Å². The van der Waals surface area contributed by atoms with Crippen molar-refractivity contribution in [1.29, 1.82) is 0 Å². The first kappa shape index (κ1) is 36.0. The number of aryl methyl sites for hydroxylation is 1. The molecule has 0 radical (unpaired) electrons. The van der Waals surface area contributed by atoms with E-state index in [0.29, 0.717) is 17.4 Å². The highest BCUT2D eigenvalue weighted by atomic mass is 32.3. The lowest BCUT2D eigenvalue weighted by molar-refractivity contribution is -0.656. The molecule has 1 aromatic carbocycles. The van der Waals surface area contributed by atoms with Crippen LogP contribution in [0, 0.1) is 0 Å². The number of β-lactam (4-membered cyclic amide) rings is 1. The summed E-state index contributed by atoms with van der Waals surface area (Å²) in [6.07, 6.45) is 0.256. The highest BCUT2D eigenvalue weighted by Crippen LogP contribution is 2.33. The summed E-state index contributed by atoms with van der Waals surface area (Å²) in [4.78, 5) is 46.8. The van der Waals surface area contributed by atoms with Crippen molar-refractivity contribution in [1.82, 2.24) is 15.4 Å². The van der Waals surface area contributed by atoms with Crippen LogP contribution >= 0.6 is 11.3 Å². The van der Waals surface area contributed by atoms with E-state index < -0.39 is 58.2 Å². The smallest absolute Gasteiger partial charge is 0.351 e. The summed E-state index contributed by atoms with van der Waals surface area (Å²) in [5.41, 5.74) is 11.1. The van der Waals surface area contributed by atoms with E-state index in [1.54, 1.807) is 24.3 Å². The van der Waals surface area contributed by atoms with Gasteiger partial charge in [-0.05, 0) is 44.5 Å². The van der Waals surface area contributed by atoms with Gasteiger partial charge in [-0.1, -0.05) is 17.3 Å². The number of anilines is 2. The number of pyridine rings is 1. The fourth-order valence-corrected chi connectivity index (χ4v) is 5.43. The van der Waals surface area contributed by atoms with Gasteiger partial charge in [0.05, 0.1) is 18.8 Å². The summed E-state index contributed by atoms with van der Waals surface area (Å²) in [5, 5.41) is 20.8. The van der Waals surface area contributed by atoms with Crippen LogP contribution in [0.1, 0.15) is 26.5 Å². The molecular weight excluding hydrogens is 672 g/mol. The van der Waals surface area contributed by atoms with Crippen LogP contribution in [0.5, 0.6) is 5.75 Å². The van der Waals surface area contributed by atoms with Gasteiger partial charge < -0.3 is 36.0 Å². The van der Waals surface area contributed by atoms with E-state index in [9.17, 15) is 32.5 Å². The molecule has 1 saturated heterocycles. The van der Waals surface area contributed by atoms with Gasteiger partial charge in [0.1, 0.15) is 30.1 Å². The van der Waals surface area contributed by atoms with Crippen LogP contribution in [-0.4, -0.2) is 88.5 Å². The Balaban J connectivity index is 1.44. The number of oxime groups is 1. The monoisotopic (exact) mass is 706 g/mol. The molecule has 3 aromatic rings. The number of carboxylic acids is 1. The molecule has 2 aromatic heterocycles. The molecule has 1 fully saturated rings. The van der Waals surface area contributed by atoms with Crippen LogP contribution in [0.3, 0.4) is 0 Å². The lowest BCUT2D eigenvalue weighted by Gasteiger charge is -2.51. The molecule has 0 saturated carbocycles. The molecule has 7 N–H and O–H groups in total. The van der Waals surface area contributed by atoms with Crippen LogP contribution in [0.15, 0.2) is 53.1 Å². The zero-order valence-electron chi connectivity index (χ0n) is 26.1. The Morgan fingerprint density at radius 3 is 2.44 bits per heavy atom. The first-order chi connectivity index (χ1) is 22.5. The average molecular weight is 707 g/mol. The summed E-state index contributed by atoms with van der Waals surface area (Å²) < 4.78 is 44.7. The van der Waals surface area contributed by atoms with Crippen molar-refractivity contribution in [2.75, 3.05) is 24.2 Å². The van der Waals surface area contributed by atoms with E-state index in [2.05, 4.69) is 25.1 Å². The van der Waals surface area contributed by atoms with Crippen molar-refractivity contribution < 1.29 is 50.9 Å². The van der Waals surface area contributed by atoms with E-state index in [4.69, 9.17) is 21.0 Å². The number of nitrogens with zero attached hydrogens (tertiary/aromatic N) is 4. The number of hydroxylamine groups is 2. The number of aliphatic carboxylic acids is 1. The molecule has 48 heavy (non-hydrogen) atoms. The SMILES string of the molecule is CC(CN)Nc1ccc(-c2ccc(OC[C@H](O/N=C(\C(=O)NC3C(=O)N(OS(=O)(=O)[O-])C3(C)C)c3csc(N)n3)C(=O)O)cc2)c[n+]1C. The van der Waals surface area contributed by atoms with E-state index in [0.717, 1.165) is 28.3 Å². The topological polar surface area (TPSA) is 265 Å². The molecule has 258 valence electrons. The van der Waals surface area contributed by atoms with Crippen molar-refractivity contribution in [3.63, 3.8) is 0 Å². The fourth-order valence-electron chi connectivity index (χ4n) is 4.44. The zero-order chi connectivity index (χ0) is 35.4. The van der Waals surface area contributed by atoms with Crippen LogP contribution in [0.2, 0.25) is 0 Å². The van der Waals surface area contributed by atoms with Crippen molar-refractivity contribution >= 4 is 56.2 Å². The Morgan fingerprint density at radius 1 is 1.23 bits per heavy atom. The number of hydrogen-bond donors (Lipinski definition) is 5. The lowest BCUT2D eigenvalue weighted by Crippen LogP contribution is -2.76. The third kappa shape index (κ3) is 8.52. The van der Waals surface area contributed by atoms with Crippen LogP contribution < -0.4 is 31.4 Å². The molecule has 2 amide bonds.